The molecule has 0 amide bonds. The topological polar surface area (TPSA) is 15.3 Å². The first kappa shape index (κ1) is 15.5. The van der Waals surface area contributed by atoms with E-state index in [0.717, 1.165) is 6.04 Å². The normalized spacial score (nSPS) is 19.1. The lowest BCUT2D eigenvalue weighted by Gasteiger charge is -2.33. The van der Waals surface area contributed by atoms with E-state index < -0.39 is 0 Å². The van der Waals surface area contributed by atoms with Gasteiger partial charge < -0.3 is 10.2 Å². The van der Waals surface area contributed by atoms with Crippen LogP contribution in [-0.4, -0.2) is 36.6 Å². The van der Waals surface area contributed by atoms with Crippen molar-refractivity contribution in [3.05, 3.63) is 35.9 Å². The number of piperidine rings is 1. The van der Waals surface area contributed by atoms with Gasteiger partial charge in [0, 0.05) is 12.1 Å². The zero-order valence-electron chi connectivity index (χ0n) is 13.1. The molecule has 0 radical (unpaired) electrons. The van der Waals surface area contributed by atoms with Crippen LogP contribution in [0.15, 0.2) is 30.3 Å². The molecule has 1 aliphatic heterocycles. The van der Waals surface area contributed by atoms with Crippen LogP contribution < -0.4 is 5.32 Å². The van der Waals surface area contributed by atoms with Gasteiger partial charge in [0.05, 0.1) is 0 Å². The van der Waals surface area contributed by atoms with Gasteiger partial charge in [0.1, 0.15) is 0 Å². The van der Waals surface area contributed by atoms with E-state index in [0.29, 0.717) is 6.04 Å². The maximum absolute atomic E-state index is 3.83. The Morgan fingerprint density at radius 2 is 1.90 bits per heavy atom. The van der Waals surface area contributed by atoms with E-state index in [4.69, 9.17) is 0 Å². The van der Waals surface area contributed by atoms with E-state index in [-0.39, 0.29) is 0 Å². The van der Waals surface area contributed by atoms with Crippen molar-refractivity contribution in [2.75, 3.05) is 19.6 Å². The van der Waals surface area contributed by atoms with Gasteiger partial charge in [-0.2, -0.15) is 0 Å². The third-order valence-electron chi connectivity index (χ3n) is 4.36. The smallest absolute Gasteiger partial charge is 0.00938 e. The largest absolute Gasteiger partial charge is 0.311 e. The minimum atomic E-state index is 0.623. The van der Waals surface area contributed by atoms with Crippen molar-refractivity contribution in [2.45, 2.75) is 58.0 Å². The molecule has 20 heavy (non-hydrogen) atoms. The number of likely N-dealkylation sites (tertiary alicyclic amines) is 1. The summed E-state index contributed by atoms with van der Waals surface area (Å²) in [6.07, 6.45) is 6.33. The maximum atomic E-state index is 3.83. The van der Waals surface area contributed by atoms with Gasteiger partial charge in [0.2, 0.25) is 0 Å². The summed E-state index contributed by atoms with van der Waals surface area (Å²) < 4.78 is 0. The Bertz CT molecular complexity index is 355. The molecule has 1 atom stereocenters. The van der Waals surface area contributed by atoms with E-state index in [2.05, 4.69) is 54.4 Å². The first-order chi connectivity index (χ1) is 9.78. The number of benzene rings is 1. The van der Waals surface area contributed by atoms with E-state index >= 15 is 0 Å². The molecule has 1 fully saturated rings. The highest BCUT2D eigenvalue weighted by atomic mass is 15.1. The van der Waals surface area contributed by atoms with Crippen LogP contribution in [0.25, 0.3) is 0 Å². The first-order valence-electron chi connectivity index (χ1n) is 8.30. The van der Waals surface area contributed by atoms with Gasteiger partial charge in [-0.05, 0) is 64.2 Å². The number of nitrogens with one attached hydrogen (secondary N) is 1. The summed E-state index contributed by atoms with van der Waals surface area (Å²) in [7, 11) is 0. The summed E-state index contributed by atoms with van der Waals surface area (Å²) >= 11 is 0. The van der Waals surface area contributed by atoms with Crippen LogP contribution in [0.1, 0.15) is 45.1 Å². The zero-order valence-corrected chi connectivity index (χ0v) is 13.1. The summed E-state index contributed by atoms with van der Waals surface area (Å²) in [4.78, 5) is 2.60. The van der Waals surface area contributed by atoms with E-state index in [1.165, 1.54) is 57.3 Å². The predicted molar refractivity (Wildman–Crippen MR) is 87.1 cm³/mol. The SMILES string of the molecule is CCCN1CCC(NC(C)CCc2ccccc2)CC1. The molecule has 112 valence electrons. The van der Waals surface area contributed by atoms with Crippen LogP contribution in [0.2, 0.25) is 0 Å². The highest BCUT2D eigenvalue weighted by Crippen LogP contribution is 2.12. The lowest BCUT2D eigenvalue weighted by atomic mass is 10.0. The molecule has 2 nitrogen and oxygen atoms in total. The predicted octanol–water partition coefficient (Wildman–Crippen LogP) is 3.47. The van der Waals surface area contributed by atoms with Crippen molar-refractivity contribution < 1.29 is 0 Å². The molecule has 0 aromatic heterocycles. The summed E-state index contributed by atoms with van der Waals surface area (Å²) in [6.45, 7) is 8.43. The molecule has 0 spiro atoms. The molecule has 0 saturated carbocycles. The summed E-state index contributed by atoms with van der Waals surface area (Å²) in [5.41, 5.74) is 1.46. The Kier molecular flexibility index (Phi) is 6.55. The molecule has 1 heterocycles. The molecule has 1 aliphatic rings. The summed E-state index contributed by atoms with van der Waals surface area (Å²) in [6, 6.07) is 12.2. The van der Waals surface area contributed by atoms with Crippen LogP contribution in [0.4, 0.5) is 0 Å². The fourth-order valence-corrected chi connectivity index (χ4v) is 3.15. The number of aryl methyl sites for hydroxylation is 1. The maximum Gasteiger partial charge on any atom is 0.00938 e. The fraction of sp³-hybridized carbons (Fsp3) is 0.667. The second kappa shape index (κ2) is 8.43. The van der Waals surface area contributed by atoms with Gasteiger partial charge in [-0.25, -0.2) is 0 Å². The minimum absolute atomic E-state index is 0.623. The molecule has 1 aromatic carbocycles. The summed E-state index contributed by atoms with van der Waals surface area (Å²) in [5, 5.41) is 3.83. The Morgan fingerprint density at radius 1 is 1.20 bits per heavy atom. The highest BCUT2D eigenvalue weighted by Gasteiger charge is 2.19. The van der Waals surface area contributed by atoms with Crippen LogP contribution in [0, 0.1) is 0 Å². The third-order valence-corrected chi connectivity index (χ3v) is 4.36. The number of rotatable bonds is 7. The van der Waals surface area contributed by atoms with Gasteiger partial charge in [-0.3, -0.25) is 0 Å². The van der Waals surface area contributed by atoms with Crippen molar-refractivity contribution >= 4 is 0 Å². The van der Waals surface area contributed by atoms with Gasteiger partial charge in [0.25, 0.3) is 0 Å². The van der Waals surface area contributed by atoms with E-state index in [1.54, 1.807) is 0 Å². The molecular weight excluding hydrogens is 244 g/mol. The van der Waals surface area contributed by atoms with Gasteiger partial charge in [0.15, 0.2) is 0 Å². The number of hydrogen-bond acceptors (Lipinski definition) is 2. The lowest BCUT2D eigenvalue weighted by Crippen LogP contribution is -2.45. The molecule has 2 heteroatoms. The highest BCUT2D eigenvalue weighted by molar-refractivity contribution is 5.14. The average molecular weight is 274 g/mol. The van der Waals surface area contributed by atoms with Gasteiger partial charge in [-0.15, -0.1) is 0 Å². The fourth-order valence-electron chi connectivity index (χ4n) is 3.15. The summed E-state index contributed by atoms with van der Waals surface area (Å²) in [5.74, 6) is 0. The van der Waals surface area contributed by atoms with Crippen molar-refractivity contribution in [3.8, 4) is 0 Å². The van der Waals surface area contributed by atoms with Crippen LogP contribution >= 0.6 is 0 Å². The minimum Gasteiger partial charge on any atom is -0.311 e. The lowest BCUT2D eigenvalue weighted by molar-refractivity contribution is 0.191. The quantitative estimate of drug-likeness (QED) is 0.819. The van der Waals surface area contributed by atoms with E-state index in [9.17, 15) is 0 Å². The molecule has 2 rings (SSSR count). The molecule has 1 aromatic rings. The molecular formula is C18H30N2. The van der Waals surface area contributed by atoms with Crippen molar-refractivity contribution in [3.63, 3.8) is 0 Å². The second-order valence-corrected chi connectivity index (χ2v) is 6.21. The monoisotopic (exact) mass is 274 g/mol. The molecule has 1 N–H and O–H groups in total. The van der Waals surface area contributed by atoms with Crippen LogP contribution in [0.3, 0.4) is 0 Å². The molecule has 0 aliphatic carbocycles. The molecule has 0 bridgehead atoms. The van der Waals surface area contributed by atoms with E-state index in [1.807, 2.05) is 0 Å². The Labute approximate surface area is 124 Å². The third kappa shape index (κ3) is 5.26. The molecule has 1 saturated heterocycles. The second-order valence-electron chi connectivity index (χ2n) is 6.21. The standard InChI is InChI=1S/C18H30N2/c1-3-13-20-14-11-18(12-15-20)19-16(2)9-10-17-7-5-4-6-8-17/h4-8,16,18-19H,3,9-15H2,1-2H3. The van der Waals surface area contributed by atoms with Crippen molar-refractivity contribution in [1.29, 1.82) is 0 Å². The van der Waals surface area contributed by atoms with Crippen molar-refractivity contribution in [2.24, 2.45) is 0 Å². The number of nitrogens with zero attached hydrogens (tertiary/aromatic N) is 1. The average Bonchev–Trinajstić information content (AvgIpc) is 2.49. The number of hydrogen-bond donors (Lipinski definition) is 1. The van der Waals surface area contributed by atoms with Crippen LogP contribution in [-0.2, 0) is 6.42 Å². The Balaban J connectivity index is 1.64. The van der Waals surface area contributed by atoms with Crippen LogP contribution in [0.5, 0.6) is 0 Å². The Morgan fingerprint density at radius 3 is 2.55 bits per heavy atom. The first-order valence-corrected chi connectivity index (χ1v) is 8.30. The van der Waals surface area contributed by atoms with Crippen molar-refractivity contribution in [1.82, 2.24) is 10.2 Å². The van der Waals surface area contributed by atoms with Gasteiger partial charge >= 0.3 is 0 Å². The molecule has 1 unspecified atom stereocenters. The van der Waals surface area contributed by atoms with Gasteiger partial charge in [-0.1, -0.05) is 37.3 Å². The Hall–Kier alpha value is -0.860. The zero-order chi connectivity index (χ0) is 14.2.